The molecule has 1 heterocycles. The molecule has 2 aromatic rings. The predicted octanol–water partition coefficient (Wildman–Crippen LogP) is 2.78. The fourth-order valence-electron chi connectivity index (χ4n) is 1.83. The molecule has 0 aliphatic heterocycles. The molecular formula is C14H16N2O. The minimum Gasteiger partial charge on any atom is -0.495 e. The third kappa shape index (κ3) is 2.45. The van der Waals surface area contributed by atoms with Gasteiger partial charge < -0.3 is 10.5 Å². The van der Waals surface area contributed by atoms with Gasteiger partial charge in [0, 0.05) is 17.8 Å². The lowest BCUT2D eigenvalue weighted by molar-refractivity contribution is 0.413. The van der Waals surface area contributed by atoms with Crippen molar-refractivity contribution in [3.8, 4) is 16.9 Å². The zero-order valence-electron chi connectivity index (χ0n) is 10.1. The summed E-state index contributed by atoms with van der Waals surface area (Å²) in [5, 5.41) is 0. The predicted molar refractivity (Wildman–Crippen MR) is 68.8 cm³/mol. The van der Waals surface area contributed by atoms with E-state index >= 15 is 0 Å². The Labute approximate surface area is 101 Å². The summed E-state index contributed by atoms with van der Waals surface area (Å²) in [7, 11) is 1.64. The second-order valence-corrected chi connectivity index (χ2v) is 3.99. The number of pyridine rings is 1. The van der Waals surface area contributed by atoms with Gasteiger partial charge in [0.2, 0.25) is 0 Å². The maximum atomic E-state index is 5.97. The van der Waals surface area contributed by atoms with Gasteiger partial charge in [0.05, 0.1) is 13.3 Å². The Morgan fingerprint density at radius 3 is 2.71 bits per heavy atom. The molecular weight excluding hydrogens is 212 g/mol. The van der Waals surface area contributed by atoms with E-state index < -0.39 is 0 Å². The molecule has 3 nitrogen and oxygen atoms in total. The highest BCUT2D eigenvalue weighted by Gasteiger charge is 2.08. The standard InChI is InChI=1S/C14H16N2O/c1-10(15)13-5-3-4-6-14(13)11-7-12(17-2)9-16-8-11/h3-10H,15H2,1-2H3. The van der Waals surface area contributed by atoms with Crippen molar-refractivity contribution in [2.24, 2.45) is 5.73 Å². The average Bonchev–Trinajstić information content (AvgIpc) is 2.39. The summed E-state index contributed by atoms with van der Waals surface area (Å²) in [6.07, 6.45) is 3.52. The van der Waals surface area contributed by atoms with Crippen molar-refractivity contribution in [1.82, 2.24) is 4.98 Å². The van der Waals surface area contributed by atoms with E-state index in [2.05, 4.69) is 11.1 Å². The Bertz CT molecular complexity index is 509. The van der Waals surface area contributed by atoms with Crippen molar-refractivity contribution in [3.05, 3.63) is 48.3 Å². The summed E-state index contributed by atoms with van der Waals surface area (Å²) >= 11 is 0. The first-order chi connectivity index (χ1) is 8.22. The van der Waals surface area contributed by atoms with Crippen molar-refractivity contribution in [2.75, 3.05) is 7.11 Å². The van der Waals surface area contributed by atoms with Crippen molar-refractivity contribution >= 4 is 0 Å². The molecule has 0 radical (unpaired) electrons. The first kappa shape index (κ1) is 11.6. The molecule has 0 saturated carbocycles. The highest BCUT2D eigenvalue weighted by atomic mass is 16.5. The normalized spacial score (nSPS) is 12.2. The molecule has 2 rings (SSSR count). The van der Waals surface area contributed by atoms with Crippen LogP contribution in [0.3, 0.4) is 0 Å². The number of hydrogen-bond donors (Lipinski definition) is 1. The van der Waals surface area contributed by atoms with E-state index in [4.69, 9.17) is 10.5 Å². The number of benzene rings is 1. The van der Waals surface area contributed by atoms with Gasteiger partial charge in [0.15, 0.2) is 0 Å². The van der Waals surface area contributed by atoms with Gasteiger partial charge in [-0.2, -0.15) is 0 Å². The van der Waals surface area contributed by atoms with Crippen LogP contribution in [0.15, 0.2) is 42.7 Å². The van der Waals surface area contributed by atoms with Crippen LogP contribution in [0, 0.1) is 0 Å². The number of ether oxygens (including phenoxy) is 1. The number of aromatic nitrogens is 1. The smallest absolute Gasteiger partial charge is 0.137 e. The minimum atomic E-state index is -0.00241. The second kappa shape index (κ2) is 4.97. The molecule has 0 saturated heterocycles. The zero-order valence-corrected chi connectivity index (χ0v) is 10.1. The van der Waals surface area contributed by atoms with Gasteiger partial charge in [-0.3, -0.25) is 4.98 Å². The van der Waals surface area contributed by atoms with Gasteiger partial charge >= 0.3 is 0 Å². The van der Waals surface area contributed by atoms with Gasteiger partial charge in [-0.1, -0.05) is 24.3 Å². The van der Waals surface area contributed by atoms with Gasteiger partial charge in [-0.25, -0.2) is 0 Å². The number of methoxy groups -OCH3 is 1. The first-order valence-corrected chi connectivity index (χ1v) is 5.56. The molecule has 0 aliphatic carbocycles. The van der Waals surface area contributed by atoms with Crippen LogP contribution in [0.2, 0.25) is 0 Å². The van der Waals surface area contributed by atoms with Crippen molar-refractivity contribution in [1.29, 1.82) is 0 Å². The van der Waals surface area contributed by atoms with Gasteiger partial charge in [-0.15, -0.1) is 0 Å². The maximum absolute atomic E-state index is 5.97. The van der Waals surface area contributed by atoms with E-state index in [1.165, 1.54) is 0 Å². The van der Waals surface area contributed by atoms with Crippen LogP contribution in [-0.4, -0.2) is 12.1 Å². The van der Waals surface area contributed by atoms with Crippen LogP contribution in [0.1, 0.15) is 18.5 Å². The third-order valence-electron chi connectivity index (χ3n) is 2.71. The molecule has 0 aliphatic rings. The SMILES string of the molecule is COc1cncc(-c2ccccc2C(C)N)c1. The molecule has 2 N–H and O–H groups in total. The molecule has 88 valence electrons. The van der Waals surface area contributed by atoms with Gasteiger partial charge in [0.25, 0.3) is 0 Å². The lowest BCUT2D eigenvalue weighted by Gasteiger charge is -2.12. The van der Waals surface area contributed by atoms with Crippen LogP contribution in [0.5, 0.6) is 5.75 Å². The third-order valence-corrected chi connectivity index (χ3v) is 2.71. The molecule has 1 atom stereocenters. The van der Waals surface area contributed by atoms with Crippen molar-refractivity contribution in [3.63, 3.8) is 0 Å². The molecule has 3 heteroatoms. The Balaban J connectivity index is 2.52. The maximum Gasteiger partial charge on any atom is 0.137 e. The first-order valence-electron chi connectivity index (χ1n) is 5.56. The number of hydrogen-bond acceptors (Lipinski definition) is 3. The fraction of sp³-hybridized carbons (Fsp3) is 0.214. The van der Waals surface area contributed by atoms with E-state index in [1.807, 2.05) is 37.4 Å². The van der Waals surface area contributed by atoms with E-state index in [0.29, 0.717) is 0 Å². The number of rotatable bonds is 3. The fourth-order valence-corrected chi connectivity index (χ4v) is 1.83. The summed E-state index contributed by atoms with van der Waals surface area (Å²) in [6.45, 7) is 1.98. The highest BCUT2D eigenvalue weighted by molar-refractivity contribution is 5.68. The molecule has 17 heavy (non-hydrogen) atoms. The summed E-state index contributed by atoms with van der Waals surface area (Å²) in [5.74, 6) is 0.752. The topological polar surface area (TPSA) is 48.1 Å². The van der Waals surface area contributed by atoms with Gasteiger partial charge in [0.1, 0.15) is 5.75 Å². The van der Waals surface area contributed by atoms with E-state index in [1.54, 1.807) is 13.3 Å². The largest absolute Gasteiger partial charge is 0.495 e. The summed E-state index contributed by atoms with van der Waals surface area (Å²) in [5.41, 5.74) is 9.21. The molecule has 1 aromatic carbocycles. The average molecular weight is 228 g/mol. The lowest BCUT2D eigenvalue weighted by atomic mass is 9.97. The summed E-state index contributed by atoms with van der Waals surface area (Å²) in [4.78, 5) is 4.17. The molecule has 0 spiro atoms. The quantitative estimate of drug-likeness (QED) is 0.878. The van der Waals surface area contributed by atoms with E-state index in [-0.39, 0.29) is 6.04 Å². The molecule has 1 aromatic heterocycles. The summed E-state index contributed by atoms with van der Waals surface area (Å²) in [6, 6.07) is 10.1. The van der Waals surface area contributed by atoms with E-state index in [0.717, 1.165) is 22.4 Å². The monoisotopic (exact) mass is 228 g/mol. The Morgan fingerprint density at radius 1 is 1.24 bits per heavy atom. The van der Waals surface area contributed by atoms with Crippen LogP contribution in [0.25, 0.3) is 11.1 Å². The minimum absolute atomic E-state index is 0.00241. The molecule has 1 unspecified atom stereocenters. The molecule has 0 bridgehead atoms. The lowest BCUT2D eigenvalue weighted by Crippen LogP contribution is -2.06. The van der Waals surface area contributed by atoms with Crippen LogP contribution in [-0.2, 0) is 0 Å². The Morgan fingerprint density at radius 2 is 2.00 bits per heavy atom. The van der Waals surface area contributed by atoms with Crippen molar-refractivity contribution in [2.45, 2.75) is 13.0 Å². The second-order valence-electron chi connectivity index (χ2n) is 3.99. The van der Waals surface area contributed by atoms with Crippen molar-refractivity contribution < 1.29 is 4.74 Å². The number of nitrogens with two attached hydrogens (primary N) is 1. The molecule has 0 fully saturated rings. The van der Waals surface area contributed by atoms with E-state index in [9.17, 15) is 0 Å². The summed E-state index contributed by atoms with van der Waals surface area (Å²) < 4.78 is 5.18. The highest BCUT2D eigenvalue weighted by Crippen LogP contribution is 2.28. The van der Waals surface area contributed by atoms with Crippen LogP contribution < -0.4 is 10.5 Å². The zero-order chi connectivity index (χ0) is 12.3. The van der Waals surface area contributed by atoms with Gasteiger partial charge in [-0.05, 0) is 24.1 Å². The molecule has 0 amide bonds. The van der Waals surface area contributed by atoms with Crippen LogP contribution >= 0.6 is 0 Å². The van der Waals surface area contributed by atoms with Crippen LogP contribution in [0.4, 0.5) is 0 Å². The number of nitrogens with zero attached hydrogens (tertiary/aromatic N) is 1. The Kier molecular flexibility index (Phi) is 3.40. The Hall–Kier alpha value is -1.87.